The normalized spacial score (nSPS) is 15.2. The molecular formula is C29H32FN3O7S. The smallest absolute Gasteiger partial charge is 0.265 e. The number of hydrogen-bond acceptors (Lipinski definition) is 8. The third kappa shape index (κ3) is 8.79. The molecule has 0 aliphatic carbocycles. The Kier molecular flexibility index (Phi) is 10.4. The van der Waals surface area contributed by atoms with Crippen molar-refractivity contribution in [3.05, 3.63) is 89.9 Å². The maximum Gasteiger partial charge on any atom is 0.265 e. The molecule has 41 heavy (non-hydrogen) atoms. The van der Waals surface area contributed by atoms with Crippen LogP contribution in [0.3, 0.4) is 0 Å². The second kappa shape index (κ2) is 14.1. The zero-order valence-electron chi connectivity index (χ0n) is 22.4. The Morgan fingerprint density at radius 2 is 1.73 bits per heavy atom. The number of morpholine rings is 1. The molecule has 2 heterocycles. The fourth-order valence-corrected chi connectivity index (χ4v) is 6.31. The number of sulfone groups is 1. The number of rotatable bonds is 13. The second-order valence-corrected chi connectivity index (χ2v) is 11.9. The van der Waals surface area contributed by atoms with Crippen molar-refractivity contribution in [2.75, 3.05) is 32.1 Å². The summed E-state index contributed by atoms with van der Waals surface area (Å²) in [4.78, 5) is 45.3. The molecule has 1 aliphatic rings. The monoisotopic (exact) mass is 585 g/mol. The maximum absolute atomic E-state index is 14.2. The fraction of sp³-hybridized carbons (Fsp3) is 0.379. The minimum absolute atomic E-state index is 0.0361. The van der Waals surface area contributed by atoms with Gasteiger partial charge in [-0.2, -0.15) is 0 Å². The molecule has 3 aromatic rings. The standard InChI is InChI=1S/C29H32FN3O7S/c30-24-9-5-4-8-22(24)19-41(37,38)20-23(18-26(34)33-13-16-39-17-14-33)28(36)32-25(27(35)29-31-12-15-40-29)11-10-21-6-2-1-3-7-21/h1-9,12,15,23,25H,10-11,13-14,16-20H2,(H,32,36). The Hall–Kier alpha value is -3.90. The van der Waals surface area contributed by atoms with Crippen LogP contribution in [0, 0.1) is 11.7 Å². The number of ketones is 1. The minimum atomic E-state index is -4.04. The van der Waals surface area contributed by atoms with E-state index in [2.05, 4.69) is 10.3 Å². The average Bonchev–Trinajstić information content (AvgIpc) is 3.52. The Balaban J connectivity index is 1.54. The van der Waals surface area contributed by atoms with Gasteiger partial charge in [-0.05, 0) is 24.5 Å². The number of hydrogen-bond donors (Lipinski definition) is 1. The van der Waals surface area contributed by atoms with Gasteiger partial charge in [-0.3, -0.25) is 14.4 Å². The van der Waals surface area contributed by atoms with E-state index in [-0.39, 0.29) is 17.9 Å². The van der Waals surface area contributed by atoms with Crippen molar-refractivity contribution in [3.63, 3.8) is 0 Å². The molecule has 218 valence electrons. The van der Waals surface area contributed by atoms with Gasteiger partial charge in [0.25, 0.3) is 5.89 Å². The van der Waals surface area contributed by atoms with E-state index in [1.165, 1.54) is 35.6 Å². The van der Waals surface area contributed by atoms with E-state index in [0.717, 1.165) is 11.6 Å². The van der Waals surface area contributed by atoms with Crippen molar-refractivity contribution < 1.29 is 36.3 Å². The highest BCUT2D eigenvalue weighted by Gasteiger charge is 2.34. The van der Waals surface area contributed by atoms with Gasteiger partial charge >= 0.3 is 0 Å². The first-order valence-corrected chi connectivity index (χ1v) is 15.1. The van der Waals surface area contributed by atoms with Gasteiger partial charge in [0.2, 0.25) is 17.6 Å². The molecule has 12 heteroatoms. The van der Waals surface area contributed by atoms with Gasteiger partial charge < -0.3 is 19.4 Å². The van der Waals surface area contributed by atoms with E-state index in [4.69, 9.17) is 9.15 Å². The summed E-state index contributed by atoms with van der Waals surface area (Å²) in [5.74, 6) is -5.30. The number of amides is 2. The lowest BCUT2D eigenvalue weighted by atomic mass is 9.99. The number of nitrogens with zero attached hydrogens (tertiary/aromatic N) is 2. The van der Waals surface area contributed by atoms with Crippen LogP contribution in [0.5, 0.6) is 0 Å². The number of halogens is 1. The first-order valence-electron chi connectivity index (χ1n) is 13.3. The van der Waals surface area contributed by atoms with Gasteiger partial charge in [0, 0.05) is 25.1 Å². The van der Waals surface area contributed by atoms with Crippen LogP contribution >= 0.6 is 0 Å². The number of carbonyl (C=O) groups excluding carboxylic acids is 3. The Bertz CT molecular complexity index is 1430. The van der Waals surface area contributed by atoms with Gasteiger partial charge in [-0.1, -0.05) is 48.5 Å². The van der Waals surface area contributed by atoms with Gasteiger partial charge in [0.05, 0.1) is 42.9 Å². The number of Topliss-reactive ketones (excluding diaryl/α,β-unsaturated/α-hetero) is 1. The quantitative estimate of drug-likeness (QED) is 0.303. The molecule has 10 nitrogen and oxygen atoms in total. The van der Waals surface area contributed by atoms with E-state index in [9.17, 15) is 27.2 Å². The lowest BCUT2D eigenvalue weighted by molar-refractivity contribution is -0.139. The molecule has 0 saturated carbocycles. The molecular weight excluding hydrogens is 553 g/mol. The second-order valence-electron chi connectivity index (χ2n) is 9.83. The summed E-state index contributed by atoms with van der Waals surface area (Å²) in [5, 5.41) is 2.66. The van der Waals surface area contributed by atoms with E-state index >= 15 is 0 Å². The largest absolute Gasteiger partial charge is 0.442 e. The van der Waals surface area contributed by atoms with Crippen LogP contribution in [-0.4, -0.2) is 74.0 Å². The van der Waals surface area contributed by atoms with E-state index in [1.54, 1.807) is 0 Å². The lowest BCUT2D eigenvalue weighted by Gasteiger charge is -2.28. The predicted molar refractivity (Wildman–Crippen MR) is 147 cm³/mol. The Morgan fingerprint density at radius 3 is 2.41 bits per heavy atom. The number of nitrogens with one attached hydrogen (secondary N) is 1. The molecule has 2 unspecified atom stereocenters. The van der Waals surface area contributed by atoms with Crippen LogP contribution in [-0.2, 0) is 36.3 Å². The third-order valence-electron chi connectivity index (χ3n) is 6.78. The zero-order chi connectivity index (χ0) is 29.2. The summed E-state index contributed by atoms with van der Waals surface area (Å²) in [5.41, 5.74) is 0.893. The fourth-order valence-electron chi connectivity index (χ4n) is 4.61. The molecule has 2 atom stereocenters. The summed E-state index contributed by atoms with van der Waals surface area (Å²) in [6.07, 6.45) is 2.76. The summed E-state index contributed by atoms with van der Waals surface area (Å²) >= 11 is 0. The van der Waals surface area contributed by atoms with Crippen LogP contribution in [0.15, 0.2) is 71.5 Å². The Labute approximate surface area is 237 Å². The lowest BCUT2D eigenvalue weighted by Crippen LogP contribution is -2.48. The first-order chi connectivity index (χ1) is 19.7. The summed E-state index contributed by atoms with van der Waals surface area (Å²) in [7, 11) is -4.04. The van der Waals surface area contributed by atoms with Crippen LogP contribution in [0.2, 0.25) is 0 Å². The number of aromatic nitrogens is 1. The highest BCUT2D eigenvalue weighted by molar-refractivity contribution is 7.90. The first kappa shape index (κ1) is 30.1. The molecule has 1 N–H and O–H groups in total. The summed E-state index contributed by atoms with van der Waals surface area (Å²) < 4.78 is 51.0. The predicted octanol–water partition coefficient (Wildman–Crippen LogP) is 2.59. The molecule has 2 amide bonds. The molecule has 1 fully saturated rings. The molecule has 4 rings (SSSR count). The molecule has 1 saturated heterocycles. The van der Waals surface area contributed by atoms with Crippen LogP contribution in [0.25, 0.3) is 0 Å². The highest BCUT2D eigenvalue weighted by Crippen LogP contribution is 2.18. The molecule has 0 spiro atoms. The maximum atomic E-state index is 14.2. The van der Waals surface area contributed by atoms with Crippen molar-refractivity contribution in [2.45, 2.75) is 31.1 Å². The highest BCUT2D eigenvalue weighted by atomic mass is 32.2. The number of benzene rings is 2. The number of oxazole rings is 1. The molecule has 2 aromatic carbocycles. The topological polar surface area (TPSA) is 136 Å². The molecule has 1 aromatic heterocycles. The number of ether oxygens (including phenoxy) is 1. The molecule has 0 radical (unpaired) electrons. The van der Waals surface area contributed by atoms with Crippen molar-refractivity contribution in [2.24, 2.45) is 5.92 Å². The van der Waals surface area contributed by atoms with Gasteiger partial charge in [-0.25, -0.2) is 17.8 Å². The number of carbonyl (C=O) groups is 3. The summed E-state index contributed by atoms with van der Waals surface area (Å²) in [6.45, 7) is 1.30. The van der Waals surface area contributed by atoms with E-state index < -0.39 is 63.1 Å². The zero-order valence-corrected chi connectivity index (χ0v) is 23.2. The Morgan fingerprint density at radius 1 is 1.02 bits per heavy atom. The molecule has 0 bridgehead atoms. The van der Waals surface area contributed by atoms with Crippen LogP contribution in [0.4, 0.5) is 4.39 Å². The number of aryl methyl sites for hydroxylation is 1. The van der Waals surface area contributed by atoms with Crippen LogP contribution in [0.1, 0.15) is 34.7 Å². The van der Waals surface area contributed by atoms with E-state index in [0.29, 0.717) is 32.7 Å². The summed E-state index contributed by atoms with van der Waals surface area (Å²) in [6, 6.07) is 13.7. The molecule has 1 aliphatic heterocycles. The van der Waals surface area contributed by atoms with Crippen molar-refractivity contribution in [3.8, 4) is 0 Å². The van der Waals surface area contributed by atoms with Crippen molar-refractivity contribution in [1.82, 2.24) is 15.2 Å². The van der Waals surface area contributed by atoms with Crippen molar-refractivity contribution in [1.29, 1.82) is 0 Å². The average molecular weight is 586 g/mol. The SMILES string of the molecule is O=C(NC(CCc1ccccc1)C(=O)c1ncco1)C(CC(=O)N1CCOCC1)CS(=O)(=O)Cc1ccccc1F. The van der Waals surface area contributed by atoms with Crippen molar-refractivity contribution >= 4 is 27.4 Å². The van der Waals surface area contributed by atoms with Gasteiger partial charge in [0.15, 0.2) is 9.84 Å². The minimum Gasteiger partial charge on any atom is -0.442 e. The third-order valence-corrected chi connectivity index (χ3v) is 8.45. The van der Waals surface area contributed by atoms with E-state index in [1.807, 2.05) is 30.3 Å². The van der Waals surface area contributed by atoms with Gasteiger partial charge in [0.1, 0.15) is 12.1 Å². The van der Waals surface area contributed by atoms with Crippen LogP contribution < -0.4 is 5.32 Å². The van der Waals surface area contributed by atoms with Gasteiger partial charge in [-0.15, -0.1) is 0 Å².